The summed E-state index contributed by atoms with van der Waals surface area (Å²) in [6, 6.07) is 15.4. The van der Waals surface area contributed by atoms with Crippen LogP contribution < -0.4 is 14.8 Å². The van der Waals surface area contributed by atoms with E-state index in [1.54, 1.807) is 11.6 Å². The van der Waals surface area contributed by atoms with Crippen molar-refractivity contribution in [3.05, 3.63) is 59.5 Å². The van der Waals surface area contributed by atoms with Gasteiger partial charge in [-0.25, -0.2) is 4.52 Å². The van der Waals surface area contributed by atoms with Gasteiger partial charge in [0.25, 0.3) is 11.9 Å². The van der Waals surface area contributed by atoms with E-state index in [1.165, 1.54) is 11.3 Å². The molecule has 2 aromatic carbocycles. The lowest BCUT2D eigenvalue weighted by Crippen LogP contribution is -2.21. The number of carbonyl (C=O) groups is 1. The van der Waals surface area contributed by atoms with Gasteiger partial charge in [-0.1, -0.05) is 38.1 Å². The van der Waals surface area contributed by atoms with Crippen LogP contribution >= 0.6 is 11.3 Å². The molecule has 0 aliphatic heterocycles. The summed E-state index contributed by atoms with van der Waals surface area (Å²) < 4.78 is 12.8. The SMILES string of the molecule is COc1ccccc1-c1csc2nc(NC(=O)COc3cccc(C(C)C)c3)nn12. The quantitative estimate of drug-likeness (QED) is 0.471. The zero-order chi connectivity index (χ0) is 21.1. The molecule has 0 saturated heterocycles. The molecule has 7 nitrogen and oxygen atoms in total. The fourth-order valence-corrected chi connectivity index (χ4v) is 3.87. The van der Waals surface area contributed by atoms with Crippen molar-refractivity contribution in [1.82, 2.24) is 14.6 Å². The summed E-state index contributed by atoms with van der Waals surface area (Å²) >= 11 is 1.44. The van der Waals surface area contributed by atoms with Gasteiger partial charge in [0.1, 0.15) is 11.5 Å². The molecular formula is C22H22N4O3S. The van der Waals surface area contributed by atoms with Crippen LogP contribution in [0.25, 0.3) is 16.2 Å². The maximum Gasteiger partial charge on any atom is 0.264 e. The lowest BCUT2D eigenvalue weighted by molar-refractivity contribution is -0.118. The highest BCUT2D eigenvalue weighted by atomic mass is 32.1. The van der Waals surface area contributed by atoms with Crippen LogP contribution in [0.4, 0.5) is 5.95 Å². The van der Waals surface area contributed by atoms with Crippen LogP contribution in [0.3, 0.4) is 0 Å². The Morgan fingerprint density at radius 2 is 2.03 bits per heavy atom. The number of fused-ring (bicyclic) bond motifs is 1. The zero-order valence-corrected chi connectivity index (χ0v) is 17.8. The summed E-state index contributed by atoms with van der Waals surface area (Å²) in [5, 5.41) is 9.09. The fraction of sp³-hybridized carbons (Fsp3) is 0.227. The molecule has 2 aromatic heterocycles. The number of ether oxygens (including phenoxy) is 2. The summed E-state index contributed by atoms with van der Waals surface area (Å²) in [6.45, 7) is 4.11. The number of anilines is 1. The molecule has 8 heteroatoms. The highest BCUT2D eigenvalue weighted by molar-refractivity contribution is 7.15. The van der Waals surface area contributed by atoms with E-state index in [2.05, 4.69) is 29.2 Å². The molecule has 0 unspecified atom stereocenters. The van der Waals surface area contributed by atoms with Gasteiger partial charge in [0.15, 0.2) is 6.61 Å². The van der Waals surface area contributed by atoms with Gasteiger partial charge in [0, 0.05) is 10.9 Å². The van der Waals surface area contributed by atoms with E-state index in [9.17, 15) is 4.79 Å². The van der Waals surface area contributed by atoms with Gasteiger partial charge in [-0.05, 0) is 35.7 Å². The molecular weight excluding hydrogens is 400 g/mol. The normalized spacial score (nSPS) is 11.1. The van der Waals surface area contributed by atoms with Crippen LogP contribution in [-0.2, 0) is 4.79 Å². The summed E-state index contributed by atoms with van der Waals surface area (Å²) in [5.74, 6) is 1.72. The second-order valence-corrected chi connectivity index (χ2v) is 7.85. The topological polar surface area (TPSA) is 77.8 Å². The molecule has 0 aliphatic carbocycles. The van der Waals surface area contributed by atoms with Gasteiger partial charge in [0.2, 0.25) is 4.96 Å². The third-order valence-corrected chi connectivity index (χ3v) is 5.43. The predicted molar refractivity (Wildman–Crippen MR) is 118 cm³/mol. The van der Waals surface area contributed by atoms with Crippen molar-refractivity contribution < 1.29 is 14.3 Å². The number of methoxy groups -OCH3 is 1. The number of carbonyl (C=O) groups excluding carboxylic acids is 1. The largest absolute Gasteiger partial charge is 0.496 e. The van der Waals surface area contributed by atoms with Crippen LogP contribution in [0.5, 0.6) is 11.5 Å². The molecule has 0 bridgehead atoms. The smallest absolute Gasteiger partial charge is 0.264 e. The first-order valence-electron chi connectivity index (χ1n) is 9.55. The second-order valence-electron chi connectivity index (χ2n) is 7.02. The minimum atomic E-state index is -0.318. The Labute approximate surface area is 178 Å². The van der Waals surface area contributed by atoms with Crippen LogP contribution in [-0.4, -0.2) is 34.2 Å². The fourth-order valence-electron chi connectivity index (χ4n) is 3.05. The van der Waals surface area contributed by atoms with Crippen molar-refractivity contribution in [3.8, 4) is 22.8 Å². The maximum atomic E-state index is 12.3. The zero-order valence-electron chi connectivity index (χ0n) is 17.0. The number of nitrogens with zero attached hydrogens (tertiary/aromatic N) is 3. The maximum absolute atomic E-state index is 12.3. The van der Waals surface area contributed by atoms with E-state index in [-0.39, 0.29) is 18.5 Å². The Balaban J connectivity index is 1.46. The number of rotatable bonds is 7. The number of hydrogen-bond donors (Lipinski definition) is 1. The van der Waals surface area contributed by atoms with Crippen molar-refractivity contribution in [1.29, 1.82) is 0 Å². The van der Waals surface area contributed by atoms with E-state index < -0.39 is 0 Å². The third-order valence-electron chi connectivity index (χ3n) is 4.61. The number of thiazole rings is 1. The minimum absolute atomic E-state index is 0.117. The molecule has 30 heavy (non-hydrogen) atoms. The summed E-state index contributed by atoms with van der Waals surface area (Å²) in [5.41, 5.74) is 2.91. The Kier molecular flexibility index (Phi) is 5.67. The summed E-state index contributed by atoms with van der Waals surface area (Å²) in [7, 11) is 1.63. The first-order valence-corrected chi connectivity index (χ1v) is 10.4. The molecule has 0 atom stereocenters. The number of nitrogens with one attached hydrogen (secondary N) is 1. The van der Waals surface area contributed by atoms with E-state index in [4.69, 9.17) is 9.47 Å². The number of benzene rings is 2. The molecule has 4 rings (SSSR count). The number of para-hydroxylation sites is 1. The molecule has 2 heterocycles. The van der Waals surface area contributed by atoms with Crippen LogP contribution in [0.1, 0.15) is 25.3 Å². The Bertz CT molecular complexity index is 1180. The monoisotopic (exact) mass is 422 g/mol. The van der Waals surface area contributed by atoms with Gasteiger partial charge < -0.3 is 9.47 Å². The molecule has 4 aromatic rings. The lowest BCUT2D eigenvalue weighted by atomic mass is 10.0. The average Bonchev–Trinajstić information content (AvgIpc) is 3.32. The molecule has 0 saturated carbocycles. The van der Waals surface area contributed by atoms with E-state index in [0.717, 1.165) is 22.6 Å². The number of hydrogen-bond acceptors (Lipinski definition) is 6. The van der Waals surface area contributed by atoms with Crippen molar-refractivity contribution in [2.45, 2.75) is 19.8 Å². The summed E-state index contributed by atoms with van der Waals surface area (Å²) in [6.07, 6.45) is 0. The Morgan fingerprint density at radius 3 is 2.83 bits per heavy atom. The van der Waals surface area contributed by atoms with E-state index >= 15 is 0 Å². The molecule has 0 radical (unpaired) electrons. The highest BCUT2D eigenvalue weighted by Crippen LogP contribution is 2.32. The summed E-state index contributed by atoms with van der Waals surface area (Å²) in [4.78, 5) is 17.4. The predicted octanol–water partition coefficient (Wildman–Crippen LogP) is 4.61. The van der Waals surface area contributed by atoms with Crippen LogP contribution in [0.15, 0.2) is 53.9 Å². The number of aromatic nitrogens is 3. The van der Waals surface area contributed by atoms with Crippen LogP contribution in [0, 0.1) is 0 Å². The molecule has 0 spiro atoms. The molecule has 1 N–H and O–H groups in total. The Morgan fingerprint density at radius 1 is 1.20 bits per heavy atom. The first kappa shape index (κ1) is 19.9. The van der Waals surface area contributed by atoms with Gasteiger partial charge in [0.05, 0.1) is 12.8 Å². The molecule has 1 amide bonds. The van der Waals surface area contributed by atoms with E-state index in [0.29, 0.717) is 16.6 Å². The molecule has 154 valence electrons. The van der Waals surface area contributed by atoms with E-state index in [1.807, 2.05) is 53.9 Å². The van der Waals surface area contributed by atoms with Crippen molar-refractivity contribution in [2.24, 2.45) is 0 Å². The minimum Gasteiger partial charge on any atom is -0.496 e. The van der Waals surface area contributed by atoms with Gasteiger partial charge in [-0.3, -0.25) is 10.1 Å². The highest BCUT2D eigenvalue weighted by Gasteiger charge is 2.16. The lowest BCUT2D eigenvalue weighted by Gasteiger charge is -2.09. The van der Waals surface area contributed by atoms with Crippen molar-refractivity contribution in [3.63, 3.8) is 0 Å². The third kappa shape index (κ3) is 4.13. The standard InChI is InChI=1S/C22H22N4O3S/c1-14(2)15-7-6-8-16(11-15)29-12-20(27)23-21-24-22-26(25-21)18(13-30-22)17-9-4-5-10-19(17)28-3/h4-11,13-14H,12H2,1-3H3,(H,23,25,27). The Hall–Kier alpha value is -3.39. The molecule has 0 fully saturated rings. The number of amides is 1. The second kappa shape index (κ2) is 8.54. The van der Waals surface area contributed by atoms with Crippen LogP contribution in [0.2, 0.25) is 0 Å². The van der Waals surface area contributed by atoms with Gasteiger partial charge >= 0.3 is 0 Å². The van der Waals surface area contributed by atoms with Crippen molar-refractivity contribution >= 4 is 28.2 Å². The molecule has 0 aliphatic rings. The van der Waals surface area contributed by atoms with Crippen molar-refractivity contribution in [2.75, 3.05) is 19.0 Å². The first-order chi connectivity index (χ1) is 14.5. The average molecular weight is 423 g/mol. The van der Waals surface area contributed by atoms with Gasteiger partial charge in [-0.2, -0.15) is 4.98 Å². The van der Waals surface area contributed by atoms with Gasteiger partial charge in [-0.15, -0.1) is 16.4 Å².